The summed E-state index contributed by atoms with van der Waals surface area (Å²) in [5, 5.41) is 4.84. The quantitative estimate of drug-likeness (QED) is 0.438. The Bertz CT molecular complexity index is 1410. The largest absolute Gasteiger partial charge is 0.496 e. The van der Waals surface area contributed by atoms with Gasteiger partial charge in [0.25, 0.3) is 11.5 Å². The number of carbonyl (C=O) groups excluding carboxylic acids is 1. The van der Waals surface area contributed by atoms with E-state index in [9.17, 15) is 14.0 Å². The van der Waals surface area contributed by atoms with Gasteiger partial charge in [0.05, 0.1) is 18.4 Å². The van der Waals surface area contributed by atoms with Crippen LogP contribution in [0.15, 0.2) is 59.4 Å². The van der Waals surface area contributed by atoms with E-state index in [2.05, 4.69) is 15.0 Å². The molecular formula is C24H22FN5O3S. The molecule has 0 unspecified atom stereocenters. The normalized spacial score (nSPS) is 14.5. The van der Waals surface area contributed by atoms with Gasteiger partial charge in [0.2, 0.25) is 4.96 Å². The van der Waals surface area contributed by atoms with Crippen LogP contribution in [0, 0.1) is 5.82 Å². The fourth-order valence-electron chi connectivity index (χ4n) is 4.01. The lowest BCUT2D eigenvalue weighted by Crippen LogP contribution is -2.48. The van der Waals surface area contributed by atoms with Crippen molar-refractivity contribution in [3.8, 4) is 16.3 Å². The first-order valence-electron chi connectivity index (χ1n) is 10.8. The molecule has 0 saturated carbocycles. The van der Waals surface area contributed by atoms with Crippen molar-refractivity contribution in [3.63, 3.8) is 0 Å². The summed E-state index contributed by atoms with van der Waals surface area (Å²) in [5.41, 5.74) is 1.53. The van der Waals surface area contributed by atoms with Gasteiger partial charge in [-0.3, -0.25) is 14.5 Å². The van der Waals surface area contributed by atoms with Crippen LogP contribution in [0.1, 0.15) is 16.1 Å². The molecule has 0 radical (unpaired) electrons. The van der Waals surface area contributed by atoms with Gasteiger partial charge in [0, 0.05) is 44.4 Å². The van der Waals surface area contributed by atoms with Crippen molar-refractivity contribution in [2.75, 3.05) is 33.3 Å². The van der Waals surface area contributed by atoms with E-state index in [4.69, 9.17) is 4.74 Å². The zero-order valence-electron chi connectivity index (χ0n) is 18.5. The number of carbonyl (C=O) groups is 1. The number of hydrogen-bond donors (Lipinski definition) is 0. The summed E-state index contributed by atoms with van der Waals surface area (Å²) in [5.74, 6) is 0.153. The molecule has 0 aliphatic carbocycles. The van der Waals surface area contributed by atoms with Crippen molar-refractivity contribution in [2.24, 2.45) is 0 Å². The molecule has 5 rings (SSSR count). The summed E-state index contributed by atoms with van der Waals surface area (Å²) in [4.78, 5) is 34.6. The van der Waals surface area contributed by atoms with Crippen molar-refractivity contribution in [1.29, 1.82) is 0 Å². The number of methoxy groups -OCH3 is 1. The number of hydrogen-bond acceptors (Lipinski definition) is 7. The molecule has 0 N–H and O–H groups in total. The maximum Gasteiger partial charge on any atom is 0.275 e. The number of para-hydroxylation sites is 1. The Morgan fingerprint density at radius 3 is 2.65 bits per heavy atom. The van der Waals surface area contributed by atoms with E-state index < -0.39 is 0 Å². The molecule has 0 atom stereocenters. The van der Waals surface area contributed by atoms with Crippen molar-refractivity contribution < 1.29 is 13.9 Å². The van der Waals surface area contributed by atoms with Crippen LogP contribution < -0.4 is 10.3 Å². The number of nitrogens with zero attached hydrogens (tertiary/aromatic N) is 5. The summed E-state index contributed by atoms with van der Waals surface area (Å²) >= 11 is 1.25. The van der Waals surface area contributed by atoms with Crippen LogP contribution in [0.2, 0.25) is 0 Å². The van der Waals surface area contributed by atoms with Gasteiger partial charge < -0.3 is 9.64 Å². The summed E-state index contributed by atoms with van der Waals surface area (Å²) in [6.07, 6.45) is 0. The Labute approximate surface area is 198 Å². The molecule has 4 aromatic rings. The number of halogens is 1. The van der Waals surface area contributed by atoms with Crippen LogP contribution in [-0.4, -0.2) is 63.6 Å². The van der Waals surface area contributed by atoms with E-state index in [1.807, 2.05) is 17.0 Å². The molecule has 1 saturated heterocycles. The predicted octanol–water partition coefficient (Wildman–Crippen LogP) is 2.92. The molecule has 2 aromatic heterocycles. The Morgan fingerprint density at radius 1 is 1.09 bits per heavy atom. The Balaban J connectivity index is 1.28. The molecule has 3 heterocycles. The summed E-state index contributed by atoms with van der Waals surface area (Å²) < 4.78 is 20.1. The fraction of sp³-hybridized carbons (Fsp3) is 0.250. The van der Waals surface area contributed by atoms with Crippen molar-refractivity contribution >= 4 is 22.2 Å². The zero-order valence-corrected chi connectivity index (χ0v) is 19.3. The maximum atomic E-state index is 13.6. The Hall–Kier alpha value is -3.63. The summed E-state index contributed by atoms with van der Waals surface area (Å²) in [6.45, 7) is 2.97. The molecular weight excluding hydrogens is 457 g/mol. The highest BCUT2D eigenvalue weighted by Crippen LogP contribution is 2.25. The lowest BCUT2D eigenvalue weighted by Gasteiger charge is -2.34. The monoisotopic (exact) mass is 479 g/mol. The highest BCUT2D eigenvalue weighted by Gasteiger charge is 2.24. The average Bonchev–Trinajstić information content (AvgIpc) is 3.29. The van der Waals surface area contributed by atoms with Crippen LogP contribution in [0.25, 0.3) is 15.5 Å². The van der Waals surface area contributed by atoms with Gasteiger partial charge >= 0.3 is 0 Å². The first-order chi connectivity index (χ1) is 16.5. The van der Waals surface area contributed by atoms with E-state index in [0.717, 1.165) is 0 Å². The molecule has 0 spiro atoms. The van der Waals surface area contributed by atoms with Crippen LogP contribution in [-0.2, 0) is 6.54 Å². The number of rotatable bonds is 5. The zero-order chi connectivity index (χ0) is 23.7. The van der Waals surface area contributed by atoms with Crippen LogP contribution in [0.3, 0.4) is 0 Å². The average molecular weight is 480 g/mol. The van der Waals surface area contributed by atoms with E-state index in [0.29, 0.717) is 65.3 Å². The van der Waals surface area contributed by atoms with Gasteiger partial charge in [-0.2, -0.15) is 9.61 Å². The molecule has 34 heavy (non-hydrogen) atoms. The van der Waals surface area contributed by atoms with Crippen LogP contribution in [0.5, 0.6) is 5.75 Å². The van der Waals surface area contributed by atoms with Crippen LogP contribution in [0.4, 0.5) is 4.39 Å². The molecule has 10 heteroatoms. The topological polar surface area (TPSA) is 80.0 Å². The van der Waals surface area contributed by atoms with E-state index in [1.165, 1.54) is 34.1 Å². The molecule has 1 aliphatic rings. The lowest BCUT2D eigenvalue weighted by atomic mass is 10.1. The van der Waals surface area contributed by atoms with E-state index in [1.54, 1.807) is 31.4 Å². The molecule has 0 bridgehead atoms. The number of ether oxygens (including phenoxy) is 1. The summed E-state index contributed by atoms with van der Waals surface area (Å²) in [7, 11) is 1.56. The number of aromatic nitrogens is 3. The second-order valence-electron chi connectivity index (χ2n) is 7.97. The second kappa shape index (κ2) is 9.32. The minimum atomic E-state index is -0.360. The second-order valence-corrected chi connectivity index (χ2v) is 8.92. The van der Waals surface area contributed by atoms with Crippen LogP contribution >= 0.6 is 11.3 Å². The first kappa shape index (κ1) is 22.2. The third kappa shape index (κ3) is 4.42. The Kier molecular flexibility index (Phi) is 6.08. The molecule has 2 aromatic carbocycles. The Morgan fingerprint density at radius 2 is 1.88 bits per heavy atom. The minimum Gasteiger partial charge on any atom is -0.496 e. The van der Waals surface area contributed by atoms with Gasteiger partial charge in [0.15, 0.2) is 0 Å². The molecule has 174 valence electrons. The summed E-state index contributed by atoms with van der Waals surface area (Å²) in [6, 6.07) is 14.8. The number of amides is 1. The number of fused-ring (bicyclic) bond motifs is 1. The molecule has 1 fully saturated rings. The lowest BCUT2D eigenvalue weighted by molar-refractivity contribution is 0.0624. The third-order valence-corrected chi connectivity index (χ3v) is 6.71. The first-order valence-corrected chi connectivity index (χ1v) is 11.6. The third-order valence-electron chi connectivity index (χ3n) is 5.75. The SMILES string of the molecule is COc1ccccc1C(=O)N1CCN(Cc2cc(=O)n3nc(-c4cccc(F)c4)sc3n2)CC1. The van der Waals surface area contributed by atoms with Gasteiger partial charge in [0.1, 0.15) is 16.6 Å². The van der Waals surface area contributed by atoms with Gasteiger partial charge in [-0.1, -0.05) is 35.6 Å². The van der Waals surface area contributed by atoms with Gasteiger partial charge in [-0.15, -0.1) is 0 Å². The minimum absolute atomic E-state index is 0.0515. The van der Waals surface area contributed by atoms with Crippen molar-refractivity contribution in [3.05, 3.63) is 82.0 Å². The van der Waals surface area contributed by atoms with E-state index in [-0.39, 0.29) is 17.3 Å². The smallest absolute Gasteiger partial charge is 0.275 e. The highest BCUT2D eigenvalue weighted by molar-refractivity contribution is 7.19. The fourth-order valence-corrected chi connectivity index (χ4v) is 4.93. The van der Waals surface area contributed by atoms with Crippen molar-refractivity contribution in [2.45, 2.75) is 6.54 Å². The molecule has 1 amide bonds. The van der Waals surface area contributed by atoms with Crippen molar-refractivity contribution in [1.82, 2.24) is 24.4 Å². The van der Waals surface area contributed by atoms with E-state index >= 15 is 0 Å². The molecule has 8 nitrogen and oxygen atoms in total. The van der Waals surface area contributed by atoms with Gasteiger partial charge in [-0.05, 0) is 24.3 Å². The van der Waals surface area contributed by atoms with Gasteiger partial charge in [-0.25, -0.2) is 9.37 Å². The number of benzene rings is 2. The standard InChI is InChI=1S/C24H22FN5O3S/c1-33-20-8-3-2-7-19(20)23(32)29-11-9-28(10-12-29)15-18-14-21(31)30-24(26-18)34-22(27-30)16-5-4-6-17(25)13-16/h2-8,13-14H,9-12,15H2,1H3. The highest BCUT2D eigenvalue weighted by atomic mass is 32.1. The maximum absolute atomic E-state index is 13.6. The number of piperazine rings is 1. The molecule has 1 aliphatic heterocycles. The predicted molar refractivity (Wildman–Crippen MR) is 127 cm³/mol.